The van der Waals surface area contributed by atoms with Gasteiger partial charge in [-0.2, -0.15) is 0 Å². The lowest BCUT2D eigenvalue weighted by atomic mass is 9.66. The van der Waals surface area contributed by atoms with Crippen molar-refractivity contribution in [1.82, 2.24) is 10.2 Å². The average molecular weight is 337 g/mol. The highest BCUT2D eigenvalue weighted by Gasteiger charge is 2.46. The summed E-state index contributed by atoms with van der Waals surface area (Å²) in [6.07, 6.45) is 10.2. The Balaban J connectivity index is 1.31. The van der Waals surface area contributed by atoms with Crippen LogP contribution in [0.3, 0.4) is 0 Å². The number of hydrogen-bond donors (Lipinski definition) is 1. The number of nitrogens with zero attached hydrogens (tertiary/aromatic N) is 1. The molecule has 2 heterocycles. The summed E-state index contributed by atoms with van der Waals surface area (Å²) in [6, 6.07) is 0.617. The number of rotatable bonds is 3. The van der Waals surface area contributed by atoms with Crippen LogP contribution >= 0.6 is 0 Å². The molecule has 4 fully saturated rings. The number of methoxy groups -OCH3 is 1. The molecule has 2 saturated heterocycles. The van der Waals surface area contributed by atoms with Gasteiger partial charge in [-0.05, 0) is 75.2 Å². The Bertz CT molecular complexity index is 410. The zero-order valence-corrected chi connectivity index (χ0v) is 15.6. The van der Waals surface area contributed by atoms with Crippen molar-refractivity contribution in [3.63, 3.8) is 0 Å². The van der Waals surface area contributed by atoms with Crippen LogP contribution in [0.15, 0.2) is 0 Å². The molecule has 4 rings (SSSR count). The van der Waals surface area contributed by atoms with Crippen LogP contribution in [-0.2, 0) is 9.47 Å². The maximum absolute atomic E-state index is 6.43. The summed E-state index contributed by atoms with van der Waals surface area (Å²) in [6.45, 7) is 7.00. The van der Waals surface area contributed by atoms with E-state index >= 15 is 0 Å². The second-order valence-electron chi connectivity index (χ2n) is 8.93. The van der Waals surface area contributed by atoms with Gasteiger partial charge in [0.2, 0.25) is 0 Å². The average Bonchev–Trinajstić information content (AvgIpc) is 2.62. The van der Waals surface area contributed by atoms with Crippen molar-refractivity contribution in [3.05, 3.63) is 0 Å². The van der Waals surface area contributed by atoms with Gasteiger partial charge < -0.3 is 14.8 Å². The largest absolute Gasteiger partial charge is 0.381 e. The summed E-state index contributed by atoms with van der Waals surface area (Å²) in [4.78, 5) is 2.61. The summed E-state index contributed by atoms with van der Waals surface area (Å²) >= 11 is 0. The summed E-state index contributed by atoms with van der Waals surface area (Å²) in [5.74, 6) is 3.27. The molecule has 2 saturated carbocycles. The lowest BCUT2D eigenvalue weighted by Crippen LogP contribution is -2.62. The van der Waals surface area contributed by atoms with Crippen molar-refractivity contribution >= 4 is 0 Å². The smallest absolute Gasteiger partial charge is 0.0995 e. The summed E-state index contributed by atoms with van der Waals surface area (Å²) < 4.78 is 12.0. The predicted molar refractivity (Wildman–Crippen MR) is 95.9 cm³/mol. The maximum Gasteiger partial charge on any atom is 0.0995 e. The molecule has 2 aliphatic heterocycles. The van der Waals surface area contributed by atoms with E-state index in [-0.39, 0.29) is 0 Å². The first-order chi connectivity index (χ1) is 11.7. The van der Waals surface area contributed by atoms with Crippen molar-refractivity contribution < 1.29 is 9.47 Å². The van der Waals surface area contributed by atoms with Gasteiger partial charge in [-0.25, -0.2) is 0 Å². The van der Waals surface area contributed by atoms with Gasteiger partial charge in [0.25, 0.3) is 0 Å². The molecule has 0 aromatic carbocycles. The molecule has 24 heavy (non-hydrogen) atoms. The maximum atomic E-state index is 6.43. The third kappa shape index (κ3) is 3.53. The van der Waals surface area contributed by atoms with Gasteiger partial charge in [-0.15, -0.1) is 0 Å². The van der Waals surface area contributed by atoms with E-state index in [1.54, 1.807) is 0 Å². The van der Waals surface area contributed by atoms with E-state index in [0.717, 1.165) is 30.4 Å². The molecule has 4 heteroatoms. The number of fused-ring (bicyclic) bond motifs is 3. The van der Waals surface area contributed by atoms with Crippen LogP contribution in [0.5, 0.6) is 0 Å². The quantitative estimate of drug-likeness (QED) is 0.859. The topological polar surface area (TPSA) is 33.7 Å². The van der Waals surface area contributed by atoms with Crippen molar-refractivity contribution in [2.75, 3.05) is 33.5 Å². The SMILES string of the molecule is COC1CCC(CN2COC3C(CC(C)C4CCCNC43)C2)CC1. The Morgan fingerprint density at radius 2 is 2.00 bits per heavy atom. The highest BCUT2D eigenvalue weighted by atomic mass is 16.5. The predicted octanol–water partition coefficient (Wildman–Crippen LogP) is 2.87. The molecule has 5 atom stereocenters. The first-order valence-electron chi connectivity index (χ1n) is 10.3. The highest BCUT2D eigenvalue weighted by Crippen LogP contribution is 2.42. The molecule has 5 unspecified atom stereocenters. The number of hydrogen-bond acceptors (Lipinski definition) is 4. The molecule has 2 aliphatic carbocycles. The Morgan fingerprint density at radius 1 is 1.17 bits per heavy atom. The third-order valence-electron chi connectivity index (χ3n) is 7.37. The van der Waals surface area contributed by atoms with Crippen LogP contribution in [0.1, 0.15) is 51.9 Å². The molecule has 0 amide bonds. The Morgan fingerprint density at radius 3 is 2.79 bits per heavy atom. The lowest BCUT2D eigenvalue weighted by molar-refractivity contribution is -0.156. The van der Waals surface area contributed by atoms with Crippen molar-refractivity contribution in [2.45, 2.75) is 70.1 Å². The van der Waals surface area contributed by atoms with Crippen LogP contribution in [0, 0.1) is 23.7 Å². The van der Waals surface area contributed by atoms with Crippen LogP contribution in [-0.4, -0.2) is 56.6 Å². The third-order valence-corrected chi connectivity index (χ3v) is 7.37. The first kappa shape index (κ1) is 17.3. The summed E-state index contributed by atoms with van der Waals surface area (Å²) in [5, 5.41) is 3.80. The molecule has 1 N–H and O–H groups in total. The van der Waals surface area contributed by atoms with Gasteiger partial charge in [-0.3, -0.25) is 4.90 Å². The molecule has 0 radical (unpaired) electrons. The van der Waals surface area contributed by atoms with E-state index in [1.807, 2.05) is 7.11 Å². The molecule has 4 nitrogen and oxygen atoms in total. The van der Waals surface area contributed by atoms with Crippen molar-refractivity contribution in [3.8, 4) is 0 Å². The first-order valence-corrected chi connectivity index (χ1v) is 10.3. The van der Waals surface area contributed by atoms with E-state index in [4.69, 9.17) is 9.47 Å². The van der Waals surface area contributed by atoms with Gasteiger partial charge in [0, 0.05) is 26.2 Å². The second-order valence-corrected chi connectivity index (χ2v) is 8.93. The van der Waals surface area contributed by atoms with Gasteiger partial charge >= 0.3 is 0 Å². The van der Waals surface area contributed by atoms with Gasteiger partial charge in [-0.1, -0.05) is 6.92 Å². The normalized spacial score (nSPS) is 47.0. The lowest BCUT2D eigenvalue weighted by Gasteiger charge is -2.52. The summed E-state index contributed by atoms with van der Waals surface area (Å²) in [5.41, 5.74) is 0. The molecular weight excluding hydrogens is 300 g/mol. The second kappa shape index (κ2) is 7.61. The molecule has 0 aromatic rings. The number of piperidine rings is 1. The fourth-order valence-electron chi connectivity index (χ4n) is 6.05. The van der Waals surface area contributed by atoms with Crippen LogP contribution < -0.4 is 5.32 Å². The molecular formula is C20H36N2O2. The molecule has 4 aliphatic rings. The fraction of sp³-hybridized carbons (Fsp3) is 1.00. The minimum atomic E-state index is 0.465. The molecule has 0 bridgehead atoms. The van der Waals surface area contributed by atoms with Crippen LogP contribution in [0.25, 0.3) is 0 Å². The molecule has 0 spiro atoms. The van der Waals surface area contributed by atoms with Gasteiger partial charge in [0.1, 0.15) is 0 Å². The Labute approximate surface area is 147 Å². The Kier molecular flexibility index (Phi) is 5.47. The van der Waals surface area contributed by atoms with E-state index in [0.29, 0.717) is 18.2 Å². The summed E-state index contributed by atoms with van der Waals surface area (Å²) in [7, 11) is 1.86. The van der Waals surface area contributed by atoms with Crippen LogP contribution in [0.4, 0.5) is 0 Å². The molecule has 138 valence electrons. The van der Waals surface area contributed by atoms with E-state index in [1.165, 1.54) is 64.6 Å². The highest BCUT2D eigenvalue weighted by molar-refractivity contribution is 5.00. The van der Waals surface area contributed by atoms with Crippen molar-refractivity contribution in [2.24, 2.45) is 23.7 Å². The van der Waals surface area contributed by atoms with Crippen LogP contribution in [0.2, 0.25) is 0 Å². The van der Waals surface area contributed by atoms with Crippen molar-refractivity contribution in [1.29, 1.82) is 0 Å². The minimum Gasteiger partial charge on any atom is -0.381 e. The molecule has 0 aromatic heterocycles. The van der Waals surface area contributed by atoms with Gasteiger partial charge in [0.05, 0.1) is 18.9 Å². The monoisotopic (exact) mass is 336 g/mol. The van der Waals surface area contributed by atoms with E-state index in [2.05, 4.69) is 17.1 Å². The zero-order valence-electron chi connectivity index (χ0n) is 15.6. The number of ether oxygens (including phenoxy) is 2. The minimum absolute atomic E-state index is 0.465. The standard InChI is InChI=1S/C20H36N2O2/c1-14-10-16-12-22(11-15-5-7-17(23-2)8-6-15)13-24-20(16)19-18(14)4-3-9-21-19/h14-21H,3-13H2,1-2H3. The fourth-order valence-corrected chi connectivity index (χ4v) is 6.05. The number of nitrogens with one attached hydrogen (secondary N) is 1. The Hall–Kier alpha value is -0.160. The zero-order chi connectivity index (χ0) is 16.5. The van der Waals surface area contributed by atoms with E-state index in [9.17, 15) is 0 Å². The van der Waals surface area contributed by atoms with E-state index < -0.39 is 0 Å². The van der Waals surface area contributed by atoms with Gasteiger partial charge in [0.15, 0.2) is 0 Å².